The van der Waals surface area contributed by atoms with Crippen molar-refractivity contribution in [2.75, 3.05) is 16.8 Å². The maximum absolute atomic E-state index is 5.89. The zero-order valence-electron chi connectivity index (χ0n) is 22.8. The van der Waals surface area contributed by atoms with E-state index in [0.29, 0.717) is 6.61 Å². The van der Waals surface area contributed by atoms with Gasteiger partial charge in [-0.15, -0.1) is 11.8 Å². The summed E-state index contributed by atoms with van der Waals surface area (Å²) in [6.45, 7) is 2.60. The number of aromatic nitrogens is 1. The molecule has 6 aromatic rings. The van der Waals surface area contributed by atoms with Crippen molar-refractivity contribution in [2.45, 2.75) is 6.61 Å². The molecule has 5 aromatic carbocycles. The van der Waals surface area contributed by atoms with Crippen LogP contribution in [0.2, 0.25) is 0 Å². The Balaban J connectivity index is 0.000000172. The number of hydrogen-bond acceptors (Lipinski definition) is 4. The Bertz CT molecular complexity index is 1810. The van der Waals surface area contributed by atoms with Crippen LogP contribution in [0.5, 0.6) is 5.75 Å². The largest absolute Gasteiger partial charge is 3.00 e. The Labute approximate surface area is 285 Å². The molecule has 42 heavy (non-hydrogen) atoms. The standard InChI is InChI=1S/C22H12NO.C14H12N2.Ir.Y/c1-2-6-15(7-3-1)16-10-11-18-14-24-21-13-17-8-4-5-9-20(17)23-22(21)19(18)12-16;1-15-11-16(12-7-3-2-4-8-12)14-10-6-5-9-13(14)15;;/h1-6,8-9,11,13H,14H2;2-7,9-11H,1H3;;/q-3;-2;+3;. The molecule has 0 amide bonds. The molecule has 4 nitrogen and oxygen atoms in total. The molecule has 0 saturated carbocycles. The van der Waals surface area contributed by atoms with E-state index in [-0.39, 0.29) is 52.8 Å². The van der Waals surface area contributed by atoms with Gasteiger partial charge in [0.2, 0.25) is 0 Å². The van der Waals surface area contributed by atoms with E-state index < -0.39 is 0 Å². The van der Waals surface area contributed by atoms with Crippen molar-refractivity contribution >= 4 is 28.0 Å². The van der Waals surface area contributed by atoms with Gasteiger partial charge < -0.3 is 37.8 Å². The van der Waals surface area contributed by atoms with E-state index in [0.717, 1.165) is 50.3 Å². The predicted molar refractivity (Wildman–Crippen MR) is 160 cm³/mol. The number of benzene rings is 5. The number of hydrogen-bond donors (Lipinski definition) is 0. The molecule has 0 N–H and O–H groups in total. The van der Waals surface area contributed by atoms with E-state index in [4.69, 9.17) is 9.72 Å². The third-order valence-corrected chi connectivity index (χ3v) is 7.01. The molecule has 6 heteroatoms. The first-order valence-electron chi connectivity index (χ1n) is 13.1. The second-order valence-corrected chi connectivity index (χ2v) is 9.61. The second-order valence-electron chi connectivity index (χ2n) is 9.61. The summed E-state index contributed by atoms with van der Waals surface area (Å²) in [6.07, 6.45) is 0. The van der Waals surface area contributed by atoms with E-state index >= 15 is 0 Å². The zero-order valence-corrected chi connectivity index (χ0v) is 28.1. The SMILES string of the molecule is CN1[CH-]N(c2[c-]cccc2)c2ccccc21.[Ir+3].[Y].[c-]1cc2c([c-]c1-c1[c-]cccc1)-c1nc3ccccc3cc1OC2. The van der Waals surface area contributed by atoms with Gasteiger partial charge in [-0.25, -0.2) is 23.2 Å². The molecule has 0 saturated heterocycles. The summed E-state index contributed by atoms with van der Waals surface area (Å²) in [4.78, 5) is 9.08. The fourth-order valence-corrected chi connectivity index (χ4v) is 5.02. The van der Waals surface area contributed by atoms with Crippen LogP contribution in [0.1, 0.15) is 5.56 Å². The van der Waals surface area contributed by atoms with Crippen LogP contribution < -0.4 is 14.5 Å². The number of fused-ring (bicyclic) bond motifs is 5. The molecule has 0 aliphatic carbocycles. The Morgan fingerprint density at radius 1 is 0.833 bits per heavy atom. The molecular weight excluding hydrogens is 772 g/mol. The van der Waals surface area contributed by atoms with Gasteiger partial charge in [0.25, 0.3) is 0 Å². The Hall–Kier alpha value is -3.34. The van der Waals surface area contributed by atoms with Crippen LogP contribution in [0.3, 0.4) is 0 Å². The predicted octanol–water partition coefficient (Wildman–Crippen LogP) is 8.05. The van der Waals surface area contributed by atoms with E-state index in [1.54, 1.807) is 0 Å². The molecule has 8 rings (SSSR count). The second kappa shape index (κ2) is 13.3. The van der Waals surface area contributed by atoms with Crippen LogP contribution >= 0.6 is 0 Å². The van der Waals surface area contributed by atoms with Crippen molar-refractivity contribution in [1.82, 2.24) is 4.98 Å². The molecule has 0 unspecified atom stereocenters. The van der Waals surface area contributed by atoms with Gasteiger partial charge in [0.15, 0.2) is 0 Å². The van der Waals surface area contributed by atoms with Crippen molar-refractivity contribution in [1.29, 1.82) is 0 Å². The summed E-state index contributed by atoms with van der Waals surface area (Å²) in [5.41, 5.74) is 9.23. The van der Waals surface area contributed by atoms with Gasteiger partial charge in [0.1, 0.15) is 5.75 Å². The van der Waals surface area contributed by atoms with Gasteiger partial charge >= 0.3 is 20.1 Å². The third kappa shape index (κ3) is 5.93. The van der Waals surface area contributed by atoms with Crippen LogP contribution in [-0.2, 0) is 59.4 Å². The van der Waals surface area contributed by atoms with Crippen molar-refractivity contribution in [3.63, 3.8) is 0 Å². The fraction of sp³-hybridized carbons (Fsp3) is 0.0556. The number of para-hydroxylation sites is 4. The molecular formula is C36H24IrN3OY-2. The molecule has 3 heterocycles. The Kier molecular flexibility index (Phi) is 9.55. The van der Waals surface area contributed by atoms with Crippen molar-refractivity contribution in [2.24, 2.45) is 0 Å². The molecule has 0 fully saturated rings. The summed E-state index contributed by atoms with van der Waals surface area (Å²) >= 11 is 0. The quantitative estimate of drug-likeness (QED) is 0.166. The minimum absolute atomic E-state index is 0. The van der Waals surface area contributed by atoms with E-state index in [1.807, 2.05) is 72.8 Å². The van der Waals surface area contributed by atoms with E-state index in [2.05, 4.69) is 84.2 Å². The zero-order chi connectivity index (χ0) is 26.9. The topological polar surface area (TPSA) is 28.6 Å². The molecule has 2 aliphatic rings. The first kappa shape index (κ1) is 30.1. The molecule has 0 bridgehead atoms. The van der Waals surface area contributed by atoms with Gasteiger partial charge in [-0.05, 0) is 31.3 Å². The summed E-state index contributed by atoms with van der Waals surface area (Å²) in [5.74, 6) is 0.812. The maximum atomic E-state index is 5.89. The van der Waals surface area contributed by atoms with E-state index in [1.165, 1.54) is 11.4 Å². The first-order valence-corrected chi connectivity index (χ1v) is 13.1. The van der Waals surface area contributed by atoms with Gasteiger partial charge in [0, 0.05) is 56.1 Å². The van der Waals surface area contributed by atoms with Crippen LogP contribution in [0.25, 0.3) is 33.3 Å². The molecule has 203 valence electrons. The molecule has 0 atom stereocenters. The summed E-state index contributed by atoms with van der Waals surface area (Å²) in [6, 6.07) is 49.6. The van der Waals surface area contributed by atoms with Gasteiger partial charge in [-0.3, -0.25) is 0 Å². The number of anilines is 3. The minimum Gasteiger partial charge on any atom is -0.504 e. The number of rotatable bonds is 2. The first-order chi connectivity index (χ1) is 19.7. The van der Waals surface area contributed by atoms with Gasteiger partial charge in [0.05, 0.1) is 11.2 Å². The number of ether oxygens (including phenoxy) is 1. The summed E-state index contributed by atoms with van der Waals surface area (Å²) in [7, 11) is 2.06. The Morgan fingerprint density at radius 2 is 1.57 bits per heavy atom. The van der Waals surface area contributed by atoms with Crippen LogP contribution in [0, 0.1) is 30.9 Å². The number of pyridine rings is 1. The normalized spacial score (nSPS) is 12.4. The summed E-state index contributed by atoms with van der Waals surface area (Å²) < 4.78 is 5.89. The van der Waals surface area contributed by atoms with Crippen LogP contribution in [0.15, 0.2) is 109 Å². The monoisotopic (exact) mass is 796 g/mol. The maximum Gasteiger partial charge on any atom is 3.00 e. The van der Waals surface area contributed by atoms with Crippen LogP contribution in [0.4, 0.5) is 17.1 Å². The van der Waals surface area contributed by atoms with Crippen molar-refractivity contribution in [3.05, 3.63) is 146 Å². The Morgan fingerprint density at radius 3 is 2.36 bits per heavy atom. The average Bonchev–Trinajstić information content (AvgIpc) is 3.37. The minimum atomic E-state index is 0. The van der Waals surface area contributed by atoms with Crippen molar-refractivity contribution in [3.8, 4) is 28.1 Å². The van der Waals surface area contributed by atoms with Crippen molar-refractivity contribution < 1.29 is 57.6 Å². The third-order valence-electron chi connectivity index (χ3n) is 7.01. The fourth-order valence-electron chi connectivity index (χ4n) is 5.02. The molecule has 0 spiro atoms. The average molecular weight is 796 g/mol. The van der Waals surface area contributed by atoms with Gasteiger partial charge in [-0.2, -0.15) is 60.3 Å². The van der Waals surface area contributed by atoms with E-state index in [9.17, 15) is 0 Å². The summed E-state index contributed by atoms with van der Waals surface area (Å²) in [5, 5.41) is 1.08. The smallest absolute Gasteiger partial charge is 0.504 e. The van der Waals surface area contributed by atoms with Gasteiger partial charge in [-0.1, -0.05) is 30.3 Å². The molecule has 1 aromatic heterocycles. The molecule has 1 radical (unpaired) electrons. The number of nitrogens with zero attached hydrogens (tertiary/aromatic N) is 3. The molecule has 2 aliphatic heterocycles. The van der Waals surface area contributed by atoms with Crippen LogP contribution in [-0.4, -0.2) is 12.0 Å².